The summed E-state index contributed by atoms with van der Waals surface area (Å²) in [5.74, 6) is 0.510. The Hall–Kier alpha value is -2.39. The summed E-state index contributed by atoms with van der Waals surface area (Å²) in [4.78, 5) is 26.6. The lowest BCUT2D eigenvalue weighted by Crippen LogP contribution is -2.40. The fraction of sp³-hybridized carbons (Fsp3) is 0.250. The van der Waals surface area contributed by atoms with Crippen LogP contribution in [0.4, 0.5) is 0 Å². The van der Waals surface area contributed by atoms with E-state index in [-0.39, 0.29) is 13.0 Å². The number of nitrogens with one attached hydrogen (secondary N) is 1. The number of hydrogen-bond acceptors (Lipinski definition) is 4. The first-order valence-corrected chi connectivity index (χ1v) is 5.20. The highest BCUT2D eigenvalue weighted by Crippen LogP contribution is 2.02. The van der Waals surface area contributed by atoms with Gasteiger partial charge >= 0.3 is 5.97 Å². The maximum Gasteiger partial charge on any atom is 0.327 e. The van der Waals surface area contributed by atoms with Gasteiger partial charge in [-0.3, -0.25) is 9.78 Å². The van der Waals surface area contributed by atoms with Crippen LogP contribution in [0.25, 0.3) is 0 Å². The topological polar surface area (TPSA) is 105 Å². The third-order valence-electron chi connectivity index (χ3n) is 2.21. The van der Waals surface area contributed by atoms with E-state index in [0.717, 1.165) is 0 Å². The molecule has 1 heterocycles. The Morgan fingerprint density at radius 2 is 2.33 bits per heavy atom. The van der Waals surface area contributed by atoms with Crippen LogP contribution in [0.5, 0.6) is 0 Å². The fourth-order valence-corrected chi connectivity index (χ4v) is 1.29. The molecule has 0 aliphatic heterocycles. The smallest absolute Gasteiger partial charge is 0.327 e. The van der Waals surface area contributed by atoms with E-state index in [4.69, 9.17) is 17.3 Å². The lowest BCUT2D eigenvalue weighted by atomic mass is 10.1. The quantitative estimate of drug-likeness (QED) is 0.622. The summed E-state index contributed by atoms with van der Waals surface area (Å²) in [6.07, 6.45) is 6.40. The normalized spacial score (nSPS) is 11.3. The maximum atomic E-state index is 11.8. The largest absolute Gasteiger partial charge is 0.480 e. The number of carbonyl (C=O) groups is 2. The molecule has 0 saturated carbocycles. The van der Waals surface area contributed by atoms with Gasteiger partial charge in [0.05, 0.1) is 5.69 Å². The van der Waals surface area contributed by atoms with Crippen LogP contribution in [-0.4, -0.2) is 28.0 Å². The number of pyridine rings is 1. The number of carbonyl (C=O) groups excluding carboxylic acids is 1. The Bertz CT molecular complexity index is 494. The number of nitrogens with two attached hydrogens (primary N) is 1. The summed E-state index contributed by atoms with van der Waals surface area (Å²) in [6, 6.07) is 1.88. The molecule has 0 radical (unpaired) electrons. The second-order valence-electron chi connectivity index (χ2n) is 3.51. The van der Waals surface area contributed by atoms with Gasteiger partial charge in [0.2, 0.25) is 0 Å². The predicted molar refractivity (Wildman–Crippen MR) is 64.5 cm³/mol. The zero-order chi connectivity index (χ0) is 13.5. The number of amides is 1. The maximum absolute atomic E-state index is 11.8. The summed E-state index contributed by atoms with van der Waals surface area (Å²) >= 11 is 0. The molecule has 0 saturated heterocycles. The monoisotopic (exact) mass is 247 g/mol. The highest BCUT2D eigenvalue weighted by Gasteiger charge is 2.19. The molecular weight excluding hydrogens is 234 g/mol. The van der Waals surface area contributed by atoms with Crippen molar-refractivity contribution in [2.75, 3.05) is 0 Å². The van der Waals surface area contributed by atoms with Gasteiger partial charge in [-0.15, -0.1) is 12.3 Å². The third-order valence-corrected chi connectivity index (χ3v) is 2.21. The standard InChI is InChI=1S/C12H13N3O3/c1-2-3-10(12(17)18)15-11(16)8-4-5-14-9(6-8)7-13/h1,4-6,10H,3,7,13H2,(H,15,16)(H,17,18). The van der Waals surface area contributed by atoms with Crippen molar-refractivity contribution in [1.82, 2.24) is 10.3 Å². The van der Waals surface area contributed by atoms with E-state index < -0.39 is 17.9 Å². The second kappa shape index (κ2) is 6.37. The van der Waals surface area contributed by atoms with Crippen LogP contribution in [0.15, 0.2) is 18.3 Å². The van der Waals surface area contributed by atoms with Gasteiger partial charge < -0.3 is 16.2 Å². The van der Waals surface area contributed by atoms with E-state index in [1.807, 2.05) is 0 Å². The van der Waals surface area contributed by atoms with Crippen LogP contribution < -0.4 is 11.1 Å². The molecule has 1 unspecified atom stereocenters. The molecule has 1 aromatic rings. The molecule has 0 aromatic carbocycles. The van der Waals surface area contributed by atoms with Crippen LogP contribution in [0, 0.1) is 12.3 Å². The molecule has 0 spiro atoms. The van der Waals surface area contributed by atoms with Crippen LogP contribution >= 0.6 is 0 Å². The summed E-state index contributed by atoms with van der Waals surface area (Å²) in [7, 11) is 0. The number of carboxylic acid groups (broad SMARTS) is 1. The van der Waals surface area contributed by atoms with Crippen LogP contribution in [0.1, 0.15) is 22.5 Å². The molecule has 6 nitrogen and oxygen atoms in total. The average Bonchev–Trinajstić information content (AvgIpc) is 2.38. The summed E-state index contributed by atoms with van der Waals surface area (Å²) in [5.41, 5.74) is 6.25. The number of hydrogen-bond donors (Lipinski definition) is 3. The minimum atomic E-state index is -1.17. The lowest BCUT2D eigenvalue weighted by Gasteiger charge is -2.11. The van der Waals surface area contributed by atoms with Gasteiger partial charge in [-0.1, -0.05) is 0 Å². The molecule has 0 aliphatic carbocycles. The predicted octanol–water partition coefficient (Wildman–Crippen LogP) is -0.253. The molecule has 0 aliphatic rings. The molecule has 0 bridgehead atoms. The van der Waals surface area contributed by atoms with E-state index in [1.54, 1.807) is 0 Å². The van der Waals surface area contributed by atoms with E-state index in [9.17, 15) is 9.59 Å². The molecule has 18 heavy (non-hydrogen) atoms. The second-order valence-corrected chi connectivity index (χ2v) is 3.51. The van der Waals surface area contributed by atoms with Gasteiger partial charge in [-0.25, -0.2) is 4.79 Å². The van der Waals surface area contributed by atoms with Crippen LogP contribution in [0.3, 0.4) is 0 Å². The molecule has 0 fully saturated rings. The van der Waals surface area contributed by atoms with Gasteiger partial charge in [-0.2, -0.15) is 0 Å². The zero-order valence-electron chi connectivity index (χ0n) is 9.59. The van der Waals surface area contributed by atoms with Crippen LogP contribution in [0.2, 0.25) is 0 Å². The number of aliphatic carboxylic acids is 1. The van der Waals surface area contributed by atoms with Crippen molar-refractivity contribution in [2.45, 2.75) is 19.0 Å². The molecule has 1 amide bonds. The van der Waals surface area contributed by atoms with Crippen molar-refractivity contribution >= 4 is 11.9 Å². The Labute approximate surface area is 104 Å². The molecule has 1 rings (SSSR count). The number of nitrogens with zero attached hydrogens (tertiary/aromatic N) is 1. The lowest BCUT2D eigenvalue weighted by molar-refractivity contribution is -0.139. The molecule has 4 N–H and O–H groups in total. The van der Waals surface area contributed by atoms with Crippen molar-refractivity contribution in [3.63, 3.8) is 0 Å². The Morgan fingerprint density at radius 1 is 1.61 bits per heavy atom. The summed E-state index contributed by atoms with van der Waals surface area (Å²) in [6.45, 7) is 0.202. The first kappa shape index (κ1) is 13.7. The van der Waals surface area contributed by atoms with Crippen molar-refractivity contribution in [2.24, 2.45) is 5.73 Å². The Morgan fingerprint density at radius 3 is 2.89 bits per heavy atom. The minimum Gasteiger partial charge on any atom is -0.480 e. The molecule has 6 heteroatoms. The number of aromatic nitrogens is 1. The zero-order valence-corrected chi connectivity index (χ0v) is 9.59. The molecule has 1 aromatic heterocycles. The average molecular weight is 247 g/mol. The minimum absolute atomic E-state index is 0.0735. The van der Waals surface area contributed by atoms with Crippen molar-refractivity contribution in [3.05, 3.63) is 29.6 Å². The first-order chi connectivity index (χ1) is 8.58. The number of rotatable bonds is 5. The van der Waals surface area contributed by atoms with Gasteiger partial charge in [0.25, 0.3) is 5.91 Å². The van der Waals surface area contributed by atoms with E-state index in [1.165, 1.54) is 18.3 Å². The molecular formula is C12H13N3O3. The van der Waals surface area contributed by atoms with Crippen LogP contribution in [-0.2, 0) is 11.3 Å². The van der Waals surface area contributed by atoms with E-state index in [2.05, 4.69) is 16.2 Å². The summed E-state index contributed by atoms with van der Waals surface area (Å²) < 4.78 is 0. The van der Waals surface area contributed by atoms with Crippen molar-refractivity contribution < 1.29 is 14.7 Å². The highest BCUT2D eigenvalue weighted by molar-refractivity contribution is 5.96. The number of terminal acetylenes is 1. The highest BCUT2D eigenvalue weighted by atomic mass is 16.4. The fourth-order valence-electron chi connectivity index (χ4n) is 1.29. The summed E-state index contributed by atoms with van der Waals surface area (Å²) in [5, 5.41) is 11.2. The van der Waals surface area contributed by atoms with Gasteiger partial charge in [0, 0.05) is 24.7 Å². The van der Waals surface area contributed by atoms with Crippen molar-refractivity contribution in [1.29, 1.82) is 0 Å². The first-order valence-electron chi connectivity index (χ1n) is 5.20. The SMILES string of the molecule is C#CCC(NC(=O)c1ccnc(CN)c1)C(=O)O. The van der Waals surface area contributed by atoms with E-state index in [0.29, 0.717) is 11.3 Å². The van der Waals surface area contributed by atoms with Crippen molar-refractivity contribution in [3.8, 4) is 12.3 Å². The van der Waals surface area contributed by atoms with Gasteiger partial charge in [0.1, 0.15) is 6.04 Å². The van der Waals surface area contributed by atoms with E-state index >= 15 is 0 Å². The number of carboxylic acids is 1. The van der Waals surface area contributed by atoms with Gasteiger partial charge in [-0.05, 0) is 12.1 Å². The Balaban J connectivity index is 2.80. The third kappa shape index (κ3) is 3.57. The molecule has 94 valence electrons. The Kier molecular flexibility index (Phi) is 4.84. The van der Waals surface area contributed by atoms with Gasteiger partial charge in [0.15, 0.2) is 0 Å². The molecule has 1 atom stereocenters.